The number of aromatic nitrogens is 1. The number of halogens is 3. The van der Waals surface area contributed by atoms with Gasteiger partial charge >= 0.3 is 0 Å². The van der Waals surface area contributed by atoms with Crippen LogP contribution in [0.1, 0.15) is 0 Å². The molecule has 0 radical (unpaired) electrons. The fourth-order valence-corrected chi connectivity index (χ4v) is 0.845. The molecule has 1 nitrogen and oxygen atoms in total. The second-order valence-electron chi connectivity index (χ2n) is 1.62. The highest BCUT2D eigenvalue weighted by Gasteiger charge is 1.89. The Morgan fingerprint density at radius 3 is 2.33 bits per heavy atom. The Bertz CT molecular complexity index is 202. The van der Waals surface area contributed by atoms with Crippen molar-refractivity contribution in [3.05, 3.63) is 24.1 Å². The highest BCUT2D eigenvalue weighted by atomic mass is 32.2. The quantitative estimate of drug-likeness (QED) is 0.639. The second kappa shape index (κ2) is 6.97. The van der Waals surface area contributed by atoms with Crippen LogP contribution < -0.4 is 0 Å². The zero-order valence-electron chi connectivity index (χ0n) is 6.43. The normalized spacial score (nSPS) is 8.67. The van der Waals surface area contributed by atoms with E-state index in [2.05, 4.69) is 4.98 Å². The van der Waals surface area contributed by atoms with Gasteiger partial charge in [-0.3, -0.25) is 0 Å². The number of rotatable bonds is 1. The molecule has 0 unspecified atom stereocenters. The summed E-state index contributed by atoms with van der Waals surface area (Å²) in [5, 5.41) is 0.844. The van der Waals surface area contributed by atoms with E-state index in [9.17, 15) is 13.2 Å². The van der Waals surface area contributed by atoms with Crippen LogP contribution in [0.3, 0.4) is 0 Å². The van der Waals surface area contributed by atoms with Gasteiger partial charge < -0.3 is 0 Å². The van der Waals surface area contributed by atoms with Gasteiger partial charge in [-0.1, -0.05) is 0 Å². The number of nitrogens with zero attached hydrogens (tertiary/aromatic N) is 1. The fourth-order valence-electron chi connectivity index (χ4n) is 0.483. The van der Waals surface area contributed by atoms with E-state index < -0.39 is 6.93 Å². The maximum absolute atomic E-state index is 12.2. The largest absolute Gasteiger partial charge is 0.247 e. The van der Waals surface area contributed by atoms with Crippen LogP contribution in [0.5, 0.6) is 0 Å². The summed E-state index contributed by atoms with van der Waals surface area (Å²) in [7, 11) is 0. The van der Waals surface area contributed by atoms with E-state index in [1.807, 2.05) is 6.26 Å². The predicted molar refractivity (Wildman–Crippen MR) is 43.1 cm³/mol. The number of hydrogen-bond donors (Lipinski definition) is 0. The molecule has 0 amide bonds. The number of thioether (sulfide) groups is 1. The molecule has 0 aliphatic rings. The van der Waals surface area contributed by atoms with Crippen LogP contribution in [-0.2, 0) is 0 Å². The molecule has 0 saturated heterocycles. The molecule has 1 aromatic heterocycles. The molecule has 0 aliphatic carbocycles. The van der Waals surface area contributed by atoms with Crippen molar-refractivity contribution in [1.29, 1.82) is 0 Å². The van der Waals surface area contributed by atoms with Crippen molar-refractivity contribution in [2.45, 2.75) is 5.03 Å². The van der Waals surface area contributed by atoms with Crippen LogP contribution in [0.25, 0.3) is 0 Å². The van der Waals surface area contributed by atoms with Gasteiger partial charge in [-0.25, -0.2) is 18.2 Å². The molecule has 0 atom stereocenters. The molecule has 5 heteroatoms. The van der Waals surface area contributed by atoms with E-state index in [4.69, 9.17) is 0 Å². The summed E-state index contributed by atoms with van der Waals surface area (Å²) < 4.78 is 31.4. The third kappa shape index (κ3) is 5.01. The van der Waals surface area contributed by atoms with Gasteiger partial charge in [-0.05, 0) is 18.4 Å². The molecular formula is C7H8F3NS. The molecule has 1 heterocycles. The molecule has 0 spiro atoms. The van der Waals surface area contributed by atoms with E-state index >= 15 is 0 Å². The third-order valence-electron chi connectivity index (χ3n) is 0.909. The van der Waals surface area contributed by atoms with Gasteiger partial charge in [0.25, 0.3) is 0 Å². The second-order valence-corrected chi connectivity index (χ2v) is 2.45. The molecule has 0 aromatic carbocycles. The van der Waals surface area contributed by atoms with Gasteiger partial charge in [-0.15, -0.1) is 11.8 Å². The van der Waals surface area contributed by atoms with E-state index in [1.165, 1.54) is 24.0 Å². The Kier molecular flexibility index (Phi) is 6.55. The zero-order valence-corrected chi connectivity index (χ0v) is 7.25. The summed E-state index contributed by atoms with van der Waals surface area (Å²) in [6, 6.07) is 3.05. The number of pyridine rings is 1. The maximum Gasteiger partial charge on any atom is 0.229 e. The summed E-state index contributed by atoms with van der Waals surface area (Å²) in [4.78, 5) is 3.78. The van der Waals surface area contributed by atoms with Crippen LogP contribution in [0.15, 0.2) is 23.4 Å². The van der Waals surface area contributed by atoms with Gasteiger partial charge in [-0.2, -0.15) is 0 Å². The highest BCUT2D eigenvalue weighted by molar-refractivity contribution is 7.98. The SMILES string of the molecule is CSc1ccc(F)cn1.FCF. The van der Waals surface area contributed by atoms with Crippen molar-refractivity contribution in [3.63, 3.8) is 0 Å². The number of alkyl halides is 2. The minimum atomic E-state index is -1.75. The van der Waals surface area contributed by atoms with Crippen molar-refractivity contribution >= 4 is 11.8 Å². The molecule has 0 aliphatic heterocycles. The lowest BCUT2D eigenvalue weighted by atomic mass is 10.5. The van der Waals surface area contributed by atoms with Crippen LogP contribution in [0.4, 0.5) is 13.2 Å². The molecule has 0 fully saturated rings. The Morgan fingerprint density at radius 1 is 1.42 bits per heavy atom. The standard InChI is InChI=1S/C6H6FNS.CH2F2/c1-9-6-3-2-5(7)4-8-6;2-1-3/h2-4H,1H3;1H2. The van der Waals surface area contributed by atoms with Crippen molar-refractivity contribution in [3.8, 4) is 0 Å². The van der Waals surface area contributed by atoms with Gasteiger partial charge in [0.05, 0.1) is 11.2 Å². The monoisotopic (exact) mass is 195 g/mol. The van der Waals surface area contributed by atoms with Crippen molar-refractivity contribution in [1.82, 2.24) is 4.98 Å². The molecule has 0 saturated carbocycles. The molecule has 12 heavy (non-hydrogen) atoms. The average Bonchev–Trinajstić information content (AvgIpc) is 2.07. The van der Waals surface area contributed by atoms with Gasteiger partial charge in [0, 0.05) is 0 Å². The molecule has 0 bridgehead atoms. The maximum atomic E-state index is 12.2. The smallest absolute Gasteiger partial charge is 0.229 e. The fraction of sp³-hybridized carbons (Fsp3) is 0.286. The molecule has 1 rings (SSSR count). The van der Waals surface area contributed by atoms with Gasteiger partial charge in [0.15, 0.2) is 0 Å². The van der Waals surface area contributed by atoms with Crippen molar-refractivity contribution in [2.75, 3.05) is 13.2 Å². The topological polar surface area (TPSA) is 12.9 Å². The third-order valence-corrected chi connectivity index (χ3v) is 1.57. The minimum absolute atomic E-state index is 0.284. The Labute approximate surface area is 73.0 Å². The van der Waals surface area contributed by atoms with Crippen LogP contribution in [0, 0.1) is 5.82 Å². The summed E-state index contributed by atoms with van der Waals surface area (Å²) >= 11 is 1.50. The van der Waals surface area contributed by atoms with Crippen LogP contribution >= 0.6 is 11.8 Å². The Balaban J connectivity index is 0.000000354. The molecule has 0 N–H and O–H groups in total. The summed E-state index contributed by atoms with van der Waals surface area (Å²) in [5.41, 5.74) is 0. The van der Waals surface area contributed by atoms with Crippen molar-refractivity contribution < 1.29 is 13.2 Å². The van der Waals surface area contributed by atoms with Crippen LogP contribution in [0.2, 0.25) is 0 Å². The zero-order chi connectivity index (χ0) is 9.40. The Hall–Kier alpha value is -0.710. The lowest BCUT2D eigenvalue weighted by Gasteiger charge is -1.90. The number of hydrogen-bond acceptors (Lipinski definition) is 2. The first-order valence-electron chi connectivity index (χ1n) is 3.02. The molecular weight excluding hydrogens is 187 g/mol. The van der Waals surface area contributed by atoms with E-state index in [0.717, 1.165) is 5.03 Å². The lowest BCUT2D eigenvalue weighted by Crippen LogP contribution is -1.78. The van der Waals surface area contributed by atoms with E-state index in [1.54, 1.807) is 6.07 Å². The first kappa shape index (κ1) is 11.3. The lowest BCUT2D eigenvalue weighted by molar-refractivity contribution is 0.295. The molecule has 68 valence electrons. The highest BCUT2D eigenvalue weighted by Crippen LogP contribution is 2.09. The summed E-state index contributed by atoms with van der Waals surface area (Å²) in [5.74, 6) is -0.284. The first-order chi connectivity index (χ1) is 5.74. The predicted octanol–water partition coefficient (Wildman–Crippen LogP) is 2.83. The summed E-state index contributed by atoms with van der Waals surface area (Å²) in [6.45, 7) is -1.75. The van der Waals surface area contributed by atoms with E-state index in [-0.39, 0.29) is 5.82 Å². The van der Waals surface area contributed by atoms with Crippen LogP contribution in [-0.4, -0.2) is 18.2 Å². The molecule has 1 aromatic rings. The average molecular weight is 195 g/mol. The summed E-state index contributed by atoms with van der Waals surface area (Å²) in [6.07, 6.45) is 3.12. The van der Waals surface area contributed by atoms with E-state index in [0.29, 0.717) is 0 Å². The van der Waals surface area contributed by atoms with Gasteiger partial charge in [0.1, 0.15) is 5.82 Å². The van der Waals surface area contributed by atoms with Crippen molar-refractivity contribution in [2.24, 2.45) is 0 Å². The minimum Gasteiger partial charge on any atom is -0.247 e. The Morgan fingerprint density at radius 2 is 2.00 bits per heavy atom. The van der Waals surface area contributed by atoms with Gasteiger partial charge in [0.2, 0.25) is 6.93 Å². The first-order valence-corrected chi connectivity index (χ1v) is 4.24.